The number of aliphatic imine (C=N–C) groups is 1. The number of benzene rings is 1. The molecule has 0 bridgehead atoms. The molecule has 1 aromatic carbocycles. The van der Waals surface area contributed by atoms with E-state index in [2.05, 4.69) is 21.8 Å². The molecule has 0 radical (unpaired) electrons. The van der Waals surface area contributed by atoms with Gasteiger partial charge < -0.3 is 14.7 Å². The molecule has 1 fully saturated rings. The van der Waals surface area contributed by atoms with Gasteiger partial charge in [-0.25, -0.2) is 9.38 Å². The number of anilines is 2. The Bertz CT molecular complexity index is 966. The van der Waals surface area contributed by atoms with Gasteiger partial charge in [0.25, 0.3) is 5.91 Å². The van der Waals surface area contributed by atoms with Crippen molar-refractivity contribution in [1.82, 2.24) is 14.8 Å². The van der Waals surface area contributed by atoms with Crippen LogP contribution in [0.15, 0.2) is 35.5 Å². The van der Waals surface area contributed by atoms with Gasteiger partial charge in [0.2, 0.25) is 0 Å². The first-order valence-corrected chi connectivity index (χ1v) is 9.98. The first-order chi connectivity index (χ1) is 13.9. The van der Waals surface area contributed by atoms with Crippen molar-refractivity contribution in [2.24, 2.45) is 4.99 Å². The summed E-state index contributed by atoms with van der Waals surface area (Å²) >= 11 is 0. The SMILES string of the molecule is C/C(=N\c1c(N2CCc3cc(F)ccc32)ccnc1C)C(=O)N1CCN(C)CC1. The number of amides is 1. The number of nitrogens with zero attached hydrogens (tertiary/aromatic N) is 5. The van der Waals surface area contributed by atoms with Crippen LogP contribution in [0.5, 0.6) is 0 Å². The fourth-order valence-corrected chi connectivity index (χ4v) is 3.98. The maximum absolute atomic E-state index is 13.6. The minimum atomic E-state index is -0.219. The molecule has 4 rings (SSSR count). The number of halogens is 1. The predicted molar refractivity (Wildman–Crippen MR) is 113 cm³/mol. The van der Waals surface area contributed by atoms with Gasteiger partial charge >= 0.3 is 0 Å². The van der Waals surface area contributed by atoms with E-state index in [1.807, 2.05) is 24.0 Å². The molecule has 2 aliphatic rings. The van der Waals surface area contributed by atoms with E-state index in [-0.39, 0.29) is 11.7 Å². The van der Waals surface area contributed by atoms with Crippen LogP contribution in [-0.4, -0.2) is 66.2 Å². The lowest BCUT2D eigenvalue weighted by atomic mass is 10.1. The predicted octanol–water partition coefficient (Wildman–Crippen LogP) is 3.09. The van der Waals surface area contributed by atoms with Crippen LogP contribution in [0.1, 0.15) is 18.2 Å². The summed E-state index contributed by atoms with van der Waals surface area (Å²) in [4.78, 5) is 28.2. The Morgan fingerprint density at radius 2 is 1.86 bits per heavy atom. The molecule has 6 nitrogen and oxygen atoms in total. The van der Waals surface area contributed by atoms with E-state index in [9.17, 15) is 9.18 Å². The summed E-state index contributed by atoms with van der Waals surface area (Å²) in [5.41, 5.74) is 4.79. The third-order valence-corrected chi connectivity index (χ3v) is 5.69. The molecule has 0 saturated carbocycles. The number of rotatable bonds is 3. The van der Waals surface area contributed by atoms with Crippen LogP contribution in [0.4, 0.5) is 21.5 Å². The fraction of sp³-hybridized carbons (Fsp3) is 0.409. The van der Waals surface area contributed by atoms with Gasteiger partial charge in [-0.1, -0.05) is 0 Å². The number of piperazine rings is 1. The number of carbonyl (C=O) groups excluding carboxylic acids is 1. The second-order valence-electron chi connectivity index (χ2n) is 7.73. The Morgan fingerprint density at radius 3 is 2.62 bits per heavy atom. The van der Waals surface area contributed by atoms with Crippen molar-refractivity contribution >= 4 is 28.7 Å². The zero-order valence-corrected chi connectivity index (χ0v) is 17.2. The maximum atomic E-state index is 13.6. The Kier molecular flexibility index (Phi) is 5.32. The van der Waals surface area contributed by atoms with Gasteiger partial charge in [0.05, 0.1) is 11.4 Å². The summed E-state index contributed by atoms with van der Waals surface area (Å²) in [6.45, 7) is 7.59. The van der Waals surface area contributed by atoms with Crippen molar-refractivity contribution < 1.29 is 9.18 Å². The molecule has 2 aromatic rings. The van der Waals surface area contributed by atoms with E-state index >= 15 is 0 Å². The van der Waals surface area contributed by atoms with E-state index in [0.717, 1.165) is 48.7 Å². The molecule has 0 atom stereocenters. The first-order valence-electron chi connectivity index (χ1n) is 9.98. The number of aromatic nitrogens is 1. The van der Waals surface area contributed by atoms with Crippen LogP contribution in [0.25, 0.3) is 0 Å². The van der Waals surface area contributed by atoms with Gasteiger partial charge in [-0.3, -0.25) is 9.78 Å². The quantitative estimate of drug-likeness (QED) is 0.750. The van der Waals surface area contributed by atoms with Crippen molar-refractivity contribution in [2.75, 3.05) is 44.7 Å². The Balaban J connectivity index is 1.66. The van der Waals surface area contributed by atoms with Crippen LogP contribution in [-0.2, 0) is 11.2 Å². The molecule has 1 saturated heterocycles. The van der Waals surface area contributed by atoms with Crippen molar-refractivity contribution in [3.05, 3.63) is 47.5 Å². The number of hydrogen-bond acceptors (Lipinski definition) is 5. The van der Waals surface area contributed by atoms with Crippen molar-refractivity contribution in [3.63, 3.8) is 0 Å². The number of carbonyl (C=O) groups is 1. The normalized spacial score (nSPS) is 17.6. The van der Waals surface area contributed by atoms with Crippen LogP contribution in [0.3, 0.4) is 0 Å². The summed E-state index contributed by atoms with van der Waals surface area (Å²) in [6.07, 6.45) is 2.53. The monoisotopic (exact) mass is 395 g/mol. The number of aryl methyl sites for hydroxylation is 1. The molecule has 0 aliphatic carbocycles. The molecule has 1 aromatic heterocycles. The molecule has 7 heteroatoms. The molecule has 0 unspecified atom stereocenters. The summed E-state index contributed by atoms with van der Waals surface area (Å²) in [6, 6.07) is 6.80. The zero-order chi connectivity index (χ0) is 20.5. The lowest BCUT2D eigenvalue weighted by Gasteiger charge is -2.32. The molecule has 0 spiro atoms. The Labute approximate surface area is 170 Å². The molecular weight excluding hydrogens is 369 g/mol. The lowest BCUT2D eigenvalue weighted by Crippen LogP contribution is -2.48. The van der Waals surface area contributed by atoms with Gasteiger partial charge in [-0.15, -0.1) is 0 Å². The van der Waals surface area contributed by atoms with Crippen LogP contribution >= 0.6 is 0 Å². The van der Waals surface area contributed by atoms with Crippen LogP contribution in [0, 0.1) is 12.7 Å². The van der Waals surface area contributed by atoms with E-state index in [1.165, 1.54) is 6.07 Å². The highest BCUT2D eigenvalue weighted by Crippen LogP contribution is 2.40. The highest BCUT2D eigenvalue weighted by Gasteiger charge is 2.25. The van der Waals surface area contributed by atoms with Gasteiger partial charge in [-0.2, -0.15) is 0 Å². The van der Waals surface area contributed by atoms with Crippen molar-refractivity contribution in [1.29, 1.82) is 0 Å². The Hall–Kier alpha value is -2.80. The summed E-state index contributed by atoms with van der Waals surface area (Å²) in [7, 11) is 2.06. The standard InChI is InChI=1S/C22H26FN5O/c1-15-21(25-16(2)22(29)27-12-10-26(3)11-13-27)20(6-8-24-15)28-9-7-17-14-18(23)4-5-19(17)28/h4-6,8,14H,7,9-13H2,1-3H3/b25-16+. The van der Waals surface area contributed by atoms with Crippen molar-refractivity contribution in [2.45, 2.75) is 20.3 Å². The van der Waals surface area contributed by atoms with E-state index in [1.54, 1.807) is 19.2 Å². The van der Waals surface area contributed by atoms with Gasteiger partial charge in [0.15, 0.2) is 0 Å². The topological polar surface area (TPSA) is 52.0 Å². The molecular formula is C22H26FN5O. The third kappa shape index (κ3) is 3.87. The largest absolute Gasteiger partial charge is 0.339 e. The highest BCUT2D eigenvalue weighted by atomic mass is 19.1. The second kappa shape index (κ2) is 7.91. The molecule has 29 heavy (non-hydrogen) atoms. The molecule has 1 amide bonds. The molecule has 2 aliphatic heterocycles. The average molecular weight is 395 g/mol. The van der Waals surface area contributed by atoms with E-state index < -0.39 is 0 Å². The number of pyridine rings is 1. The third-order valence-electron chi connectivity index (χ3n) is 5.69. The minimum absolute atomic E-state index is 0.0313. The first kappa shape index (κ1) is 19.5. The van der Waals surface area contributed by atoms with Crippen LogP contribution < -0.4 is 4.90 Å². The smallest absolute Gasteiger partial charge is 0.268 e. The molecule has 152 valence electrons. The zero-order valence-electron chi connectivity index (χ0n) is 17.2. The summed E-state index contributed by atoms with van der Waals surface area (Å²) in [5, 5.41) is 0. The van der Waals surface area contributed by atoms with Crippen molar-refractivity contribution in [3.8, 4) is 0 Å². The number of likely N-dealkylation sites (N-methyl/N-ethyl adjacent to an activating group) is 1. The van der Waals surface area contributed by atoms with Gasteiger partial charge in [-0.05, 0) is 57.1 Å². The summed E-state index contributed by atoms with van der Waals surface area (Å²) in [5.74, 6) is -0.250. The Morgan fingerprint density at radius 1 is 1.10 bits per heavy atom. The second-order valence-corrected chi connectivity index (χ2v) is 7.73. The number of hydrogen-bond donors (Lipinski definition) is 0. The van der Waals surface area contributed by atoms with E-state index in [4.69, 9.17) is 4.99 Å². The minimum Gasteiger partial charge on any atom is -0.339 e. The van der Waals surface area contributed by atoms with E-state index in [0.29, 0.717) is 24.5 Å². The van der Waals surface area contributed by atoms with Gasteiger partial charge in [0.1, 0.15) is 17.2 Å². The lowest BCUT2D eigenvalue weighted by molar-refractivity contribution is -0.125. The van der Waals surface area contributed by atoms with Crippen LogP contribution in [0.2, 0.25) is 0 Å². The summed E-state index contributed by atoms with van der Waals surface area (Å²) < 4.78 is 13.6. The highest BCUT2D eigenvalue weighted by molar-refractivity contribution is 6.38. The fourth-order valence-electron chi connectivity index (χ4n) is 3.98. The number of fused-ring (bicyclic) bond motifs is 1. The maximum Gasteiger partial charge on any atom is 0.268 e. The average Bonchev–Trinajstić information content (AvgIpc) is 3.12. The molecule has 3 heterocycles. The van der Waals surface area contributed by atoms with Gasteiger partial charge in [0, 0.05) is 44.6 Å². The molecule has 0 N–H and O–H groups in total.